The quantitative estimate of drug-likeness (QED) is 0.703. The molecular formula is C12H24N2O4S. The van der Waals surface area contributed by atoms with E-state index in [2.05, 4.69) is 4.72 Å². The van der Waals surface area contributed by atoms with Gasteiger partial charge >= 0.3 is 5.97 Å². The molecule has 0 amide bonds. The Bertz CT molecular complexity index is 377. The molecule has 7 heteroatoms. The van der Waals surface area contributed by atoms with E-state index in [1.165, 1.54) is 4.31 Å². The molecule has 1 heterocycles. The van der Waals surface area contributed by atoms with Gasteiger partial charge in [-0.05, 0) is 31.6 Å². The molecular weight excluding hydrogens is 268 g/mol. The second-order valence-corrected chi connectivity index (χ2v) is 6.94. The van der Waals surface area contributed by atoms with Crippen molar-refractivity contribution in [2.45, 2.75) is 45.4 Å². The van der Waals surface area contributed by atoms with Gasteiger partial charge in [-0.15, -0.1) is 0 Å². The van der Waals surface area contributed by atoms with E-state index in [0.29, 0.717) is 32.5 Å². The van der Waals surface area contributed by atoms with E-state index in [4.69, 9.17) is 5.11 Å². The van der Waals surface area contributed by atoms with Gasteiger partial charge in [0.05, 0.1) is 0 Å². The van der Waals surface area contributed by atoms with Crippen LogP contribution in [0.2, 0.25) is 0 Å². The number of nitrogens with one attached hydrogen (secondary N) is 1. The van der Waals surface area contributed by atoms with Gasteiger partial charge in [-0.25, -0.2) is 4.72 Å². The van der Waals surface area contributed by atoms with E-state index in [9.17, 15) is 13.2 Å². The highest BCUT2D eigenvalue weighted by Gasteiger charge is 2.23. The van der Waals surface area contributed by atoms with Crippen molar-refractivity contribution in [2.75, 3.05) is 19.6 Å². The number of hydrogen-bond acceptors (Lipinski definition) is 3. The third-order valence-electron chi connectivity index (χ3n) is 3.43. The van der Waals surface area contributed by atoms with Crippen molar-refractivity contribution in [3.05, 3.63) is 0 Å². The molecule has 2 N–H and O–H groups in total. The van der Waals surface area contributed by atoms with Gasteiger partial charge in [0.25, 0.3) is 10.2 Å². The molecule has 0 aliphatic carbocycles. The normalized spacial score (nSPS) is 19.2. The summed E-state index contributed by atoms with van der Waals surface area (Å²) in [6, 6.07) is 0. The molecule has 0 saturated carbocycles. The molecule has 1 saturated heterocycles. The molecule has 112 valence electrons. The van der Waals surface area contributed by atoms with Gasteiger partial charge in [0.15, 0.2) is 0 Å². The summed E-state index contributed by atoms with van der Waals surface area (Å²) < 4.78 is 28.0. The number of carboxylic acids is 1. The lowest BCUT2D eigenvalue weighted by molar-refractivity contribution is -0.137. The van der Waals surface area contributed by atoms with Crippen LogP contribution in [-0.4, -0.2) is 43.4 Å². The summed E-state index contributed by atoms with van der Waals surface area (Å²) in [6.07, 6.45) is 4.34. The molecule has 0 radical (unpaired) electrons. The van der Waals surface area contributed by atoms with Crippen molar-refractivity contribution in [1.29, 1.82) is 0 Å². The predicted octanol–water partition coefficient (Wildman–Crippen LogP) is 1.20. The predicted molar refractivity (Wildman–Crippen MR) is 73.0 cm³/mol. The van der Waals surface area contributed by atoms with Gasteiger partial charge in [0.1, 0.15) is 0 Å². The van der Waals surface area contributed by atoms with Gasteiger partial charge in [0, 0.05) is 26.1 Å². The van der Waals surface area contributed by atoms with E-state index in [0.717, 1.165) is 19.3 Å². The lowest BCUT2D eigenvalue weighted by atomic mass is 10.0. The minimum atomic E-state index is -3.34. The molecule has 1 aliphatic rings. The van der Waals surface area contributed by atoms with Crippen LogP contribution in [0, 0.1) is 5.92 Å². The fraction of sp³-hybridized carbons (Fsp3) is 0.917. The molecule has 0 bridgehead atoms. The van der Waals surface area contributed by atoms with Crippen molar-refractivity contribution in [2.24, 2.45) is 5.92 Å². The molecule has 19 heavy (non-hydrogen) atoms. The number of piperidine rings is 1. The Hall–Kier alpha value is -0.660. The smallest absolute Gasteiger partial charge is 0.303 e. The summed E-state index contributed by atoms with van der Waals surface area (Å²) in [5.74, 6) is -0.596. The number of carbonyl (C=O) groups is 1. The van der Waals surface area contributed by atoms with E-state index >= 15 is 0 Å². The van der Waals surface area contributed by atoms with Gasteiger partial charge in [0.2, 0.25) is 0 Å². The Balaban J connectivity index is 2.25. The highest BCUT2D eigenvalue weighted by Crippen LogP contribution is 2.13. The molecule has 0 spiro atoms. The fourth-order valence-corrected chi connectivity index (χ4v) is 3.44. The van der Waals surface area contributed by atoms with Gasteiger partial charge < -0.3 is 5.11 Å². The SMILES string of the molecule is CC(CCNS(=O)(=O)N1CCCCC1)CCC(=O)O. The van der Waals surface area contributed by atoms with Crippen LogP contribution < -0.4 is 4.72 Å². The highest BCUT2D eigenvalue weighted by atomic mass is 32.2. The van der Waals surface area contributed by atoms with Crippen LogP contribution in [0.1, 0.15) is 45.4 Å². The van der Waals surface area contributed by atoms with Crippen molar-refractivity contribution < 1.29 is 18.3 Å². The maximum atomic E-state index is 12.0. The molecule has 0 aromatic heterocycles. The first-order valence-electron chi connectivity index (χ1n) is 6.88. The number of rotatable bonds is 8. The third-order valence-corrected chi connectivity index (χ3v) is 5.04. The minimum Gasteiger partial charge on any atom is -0.481 e. The molecule has 0 aromatic carbocycles. The standard InChI is InChI=1S/C12H24N2O4S/c1-11(5-6-12(15)16)7-8-13-19(17,18)14-9-3-2-4-10-14/h11,13H,2-10H2,1H3,(H,15,16). The monoisotopic (exact) mass is 292 g/mol. The lowest BCUT2D eigenvalue weighted by Crippen LogP contribution is -2.43. The molecule has 6 nitrogen and oxygen atoms in total. The van der Waals surface area contributed by atoms with Crippen LogP contribution in [0.3, 0.4) is 0 Å². The summed E-state index contributed by atoms with van der Waals surface area (Å²) in [5, 5.41) is 8.57. The van der Waals surface area contributed by atoms with Crippen molar-refractivity contribution >= 4 is 16.2 Å². The largest absolute Gasteiger partial charge is 0.481 e. The summed E-state index contributed by atoms with van der Waals surface area (Å²) >= 11 is 0. The average Bonchev–Trinajstić information content (AvgIpc) is 2.37. The van der Waals surface area contributed by atoms with E-state index in [1.54, 1.807) is 0 Å². The maximum Gasteiger partial charge on any atom is 0.303 e. The zero-order valence-electron chi connectivity index (χ0n) is 11.5. The number of hydrogen-bond donors (Lipinski definition) is 2. The number of aliphatic carboxylic acids is 1. The Morgan fingerprint density at radius 2 is 1.89 bits per heavy atom. The number of nitrogens with zero attached hydrogens (tertiary/aromatic N) is 1. The average molecular weight is 292 g/mol. The van der Waals surface area contributed by atoms with Crippen molar-refractivity contribution in [1.82, 2.24) is 9.03 Å². The Kier molecular flexibility index (Phi) is 6.74. The summed E-state index contributed by atoms with van der Waals surface area (Å²) in [7, 11) is -3.34. The second-order valence-electron chi connectivity index (χ2n) is 5.19. The van der Waals surface area contributed by atoms with Crippen molar-refractivity contribution in [3.8, 4) is 0 Å². The number of carboxylic acid groups (broad SMARTS) is 1. The van der Waals surface area contributed by atoms with Crippen LogP contribution in [0.4, 0.5) is 0 Å². The highest BCUT2D eigenvalue weighted by molar-refractivity contribution is 7.87. The summed E-state index contributed by atoms with van der Waals surface area (Å²) in [5.41, 5.74) is 0. The van der Waals surface area contributed by atoms with Crippen LogP contribution in [-0.2, 0) is 15.0 Å². The molecule has 1 aliphatic heterocycles. The van der Waals surface area contributed by atoms with Gasteiger partial charge in [-0.3, -0.25) is 4.79 Å². The van der Waals surface area contributed by atoms with Crippen LogP contribution in [0.25, 0.3) is 0 Å². The molecule has 1 fully saturated rings. The Labute approximate surface area is 115 Å². The third kappa shape index (κ3) is 6.35. The topological polar surface area (TPSA) is 86.7 Å². The van der Waals surface area contributed by atoms with Gasteiger partial charge in [-0.1, -0.05) is 13.3 Å². The Morgan fingerprint density at radius 3 is 2.47 bits per heavy atom. The summed E-state index contributed by atoms with van der Waals surface area (Å²) in [4.78, 5) is 10.4. The Morgan fingerprint density at radius 1 is 1.26 bits per heavy atom. The van der Waals surface area contributed by atoms with Gasteiger partial charge in [-0.2, -0.15) is 12.7 Å². The van der Waals surface area contributed by atoms with E-state index in [-0.39, 0.29) is 12.3 Å². The van der Waals surface area contributed by atoms with Crippen LogP contribution in [0.5, 0.6) is 0 Å². The maximum absolute atomic E-state index is 12.0. The summed E-state index contributed by atoms with van der Waals surface area (Å²) in [6.45, 7) is 3.52. The van der Waals surface area contributed by atoms with E-state index < -0.39 is 16.2 Å². The zero-order chi connectivity index (χ0) is 14.3. The first-order chi connectivity index (χ1) is 8.92. The van der Waals surface area contributed by atoms with Crippen LogP contribution >= 0.6 is 0 Å². The lowest BCUT2D eigenvalue weighted by Gasteiger charge is -2.26. The van der Waals surface area contributed by atoms with Crippen molar-refractivity contribution in [3.63, 3.8) is 0 Å². The zero-order valence-corrected chi connectivity index (χ0v) is 12.3. The first kappa shape index (κ1) is 16.4. The van der Waals surface area contributed by atoms with Crippen LogP contribution in [0.15, 0.2) is 0 Å². The molecule has 1 rings (SSSR count). The molecule has 1 unspecified atom stereocenters. The second kappa shape index (κ2) is 7.81. The molecule has 0 aromatic rings. The van der Waals surface area contributed by atoms with E-state index in [1.807, 2.05) is 6.92 Å². The minimum absolute atomic E-state index is 0.139. The molecule has 1 atom stereocenters. The fourth-order valence-electron chi connectivity index (χ4n) is 2.15. The first-order valence-corrected chi connectivity index (χ1v) is 8.32.